The molecule has 0 aliphatic carbocycles. The maximum atomic E-state index is 12.8. The van der Waals surface area contributed by atoms with E-state index in [2.05, 4.69) is 9.97 Å². The summed E-state index contributed by atoms with van der Waals surface area (Å²) >= 11 is 5.74. The van der Waals surface area contributed by atoms with Crippen molar-refractivity contribution in [2.75, 3.05) is 16.8 Å². The van der Waals surface area contributed by atoms with Crippen LogP contribution in [0.1, 0.15) is 20.3 Å². The quantitative estimate of drug-likeness (QED) is 0.785. The number of hydrogen-bond donors (Lipinski definition) is 0. The van der Waals surface area contributed by atoms with Gasteiger partial charge >= 0.3 is 6.18 Å². The molecule has 0 saturated heterocycles. The average Bonchev–Trinajstić information content (AvgIpc) is 2.33. The van der Waals surface area contributed by atoms with Gasteiger partial charge in [0.1, 0.15) is 11.7 Å². The van der Waals surface area contributed by atoms with E-state index < -0.39 is 24.5 Å². The molecule has 0 fully saturated rings. The third kappa shape index (κ3) is 3.04. The molecule has 116 valence electrons. The van der Waals surface area contributed by atoms with Gasteiger partial charge in [0, 0.05) is 13.1 Å². The number of carbonyl (C=O) groups excluding carboxylic acids is 1. The monoisotopic (exact) mass is 322 g/mol. The van der Waals surface area contributed by atoms with Gasteiger partial charge in [0.05, 0.1) is 12.6 Å². The van der Waals surface area contributed by atoms with Crippen LogP contribution >= 0.6 is 11.6 Å². The first-order valence-electron chi connectivity index (χ1n) is 6.27. The van der Waals surface area contributed by atoms with Gasteiger partial charge in [0.2, 0.25) is 11.2 Å². The molecule has 1 aliphatic rings. The number of halogens is 4. The molecule has 9 heteroatoms. The van der Waals surface area contributed by atoms with Gasteiger partial charge in [-0.25, -0.2) is 4.98 Å². The van der Waals surface area contributed by atoms with E-state index >= 15 is 0 Å². The maximum absolute atomic E-state index is 12.8. The number of hydrogen-bond acceptors (Lipinski definition) is 4. The fourth-order valence-electron chi connectivity index (χ4n) is 2.39. The zero-order chi connectivity index (χ0) is 15.9. The molecular formula is C12H14ClF3N4O. The van der Waals surface area contributed by atoms with Crippen LogP contribution in [0.3, 0.4) is 0 Å². The highest BCUT2D eigenvalue weighted by atomic mass is 35.5. The van der Waals surface area contributed by atoms with Crippen molar-refractivity contribution in [1.82, 2.24) is 9.97 Å². The van der Waals surface area contributed by atoms with Crippen LogP contribution < -0.4 is 9.80 Å². The van der Waals surface area contributed by atoms with Crippen LogP contribution in [-0.2, 0) is 4.79 Å². The molecule has 0 spiro atoms. The lowest BCUT2D eigenvalue weighted by Gasteiger charge is -2.42. The summed E-state index contributed by atoms with van der Waals surface area (Å²) in [7, 11) is 1.40. The Balaban J connectivity index is 2.55. The average molecular weight is 323 g/mol. The zero-order valence-corrected chi connectivity index (χ0v) is 12.4. The Morgan fingerprint density at radius 1 is 1.43 bits per heavy atom. The second kappa shape index (κ2) is 5.32. The van der Waals surface area contributed by atoms with Crippen LogP contribution in [-0.4, -0.2) is 41.2 Å². The Kier molecular flexibility index (Phi) is 4.01. The number of anilines is 2. The molecule has 0 N–H and O–H groups in total. The van der Waals surface area contributed by atoms with E-state index in [9.17, 15) is 18.0 Å². The van der Waals surface area contributed by atoms with Crippen molar-refractivity contribution in [1.29, 1.82) is 0 Å². The molecular weight excluding hydrogens is 309 g/mol. The van der Waals surface area contributed by atoms with Gasteiger partial charge in [0.25, 0.3) is 0 Å². The van der Waals surface area contributed by atoms with Crippen molar-refractivity contribution in [3.8, 4) is 0 Å². The van der Waals surface area contributed by atoms with E-state index in [-0.39, 0.29) is 17.1 Å². The van der Waals surface area contributed by atoms with Crippen LogP contribution in [0.15, 0.2) is 6.20 Å². The van der Waals surface area contributed by atoms with Gasteiger partial charge in [-0.2, -0.15) is 18.2 Å². The summed E-state index contributed by atoms with van der Waals surface area (Å²) in [6.45, 7) is 3.39. The summed E-state index contributed by atoms with van der Waals surface area (Å²) in [5.74, 6) is -0.402. The van der Waals surface area contributed by atoms with Gasteiger partial charge in [-0.05, 0) is 25.4 Å². The Labute approximate surface area is 124 Å². The second-order valence-electron chi connectivity index (χ2n) is 5.08. The topological polar surface area (TPSA) is 49.3 Å². The third-order valence-corrected chi connectivity index (χ3v) is 3.44. The van der Waals surface area contributed by atoms with Crippen molar-refractivity contribution in [3.05, 3.63) is 11.5 Å². The number of fused-ring (bicyclic) bond motifs is 1. The molecule has 1 unspecified atom stereocenters. The summed E-state index contributed by atoms with van der Waals surface area (Å²) in [6.07, 6.45) is -4.36. The summed E-state index contributed by atoms with van der Waals surface area (Å²) < 4.78 is 38.3. The van der Waals surface area contributed by atoms with Crippen LogP contribution in [0.5, 0.6) is 0 Å². The van der Waals surface area contributed by atoms with Crippen LogP contribution in [0, 0.1) is 0 Å². The molecule has 5 nitrogen and oxygen atoms in total. The zero-order valence-electron chi connectivity index (χ0n) is 11.6. The molecule has 0 bridgehead atoms. The minimum atomic E-state index is -4.46. The molecule has 1 amide bonds. The van der Waals surface area contributed by atoms with Crippen LogP contribution in [0.25, 0.3) is 0 Å². The molecule has 1 aromatic heterocycles. The smallest absolute Gasteiger partial charge is 0.340 e. The Morgan fingerprint density at radius 3 is 2.57 bits per heavy atom. The summed E-state index contributed by atoms with van der Waals surface area (Å²) in [6, 6.07) is -1.70. The molecule has 1 aliphatic heterocycles. The van der Waals surface area contributed by atoms with Crippen LogP contribution in [0.2, 0.25) is 5.28 Å². The first-order chi connectivity index (χ1) is 9.61. The number of nitrogens with zero attached hydrogens (tertiary/aromatic N) is 4. The normalized spacial score (nSPS) is 19.2. The molecule has 1 aromatic rings. The lowest BCUT2D eigenvalue weighted by atomic mass is 10.0. The van der Waals surface area contributed by atoms with Crippen molar-refractivity contribution in [2.45, 2.75) is 38.5 Å². The number of likely N-dealkylation sites (N-methyl/N-ethyl adjacent to an activating group) is 1. The summed E-state index contributed by atoms with van der Waals surface area (Å²) in [4.78, 5) is 22.5. The second-order valence-corrected chi connectivity index (χ2v) is 5.42. The molecule has 2 rings (SSSR count). The summed E-state index contributed by atoms with van der Waals surface area (Å²) in [5.41, 5.74) is 0.344. The number of alkyl halides is 3. The highest BCUT2D eigenvalue weighted by Crippen LogP contribution is 2.38. The molecule has 0 saturated carbocycles. The highest BCUT2D eigenvalue weighted by Gasteiger charge is 2.45. The van der Waals surface area contributed by atoms with Gasteiger partial charge in [-0.3, -0.25) is 4.79 Å². The minimum Gasteiger partial charge on any atom is -0.340 e. The maximum Gasteiger partial charge on any atom is 0.391 e. The van der Waals surface area contributed by atoms with Gasteiger partial charge in [0.15, 0.2) is 5.82 Å². The van der Waals surface area contributed by atoms with Gasteiger partial charge < -0.3 is 9.80 Å². The Morgan fingerprint density at radius 2 is 2.05 bits per heavy atom. The first kappa shape index (κ1) is 15.8. The Hall–Kier alpha value is -1.57. The van der Waals surface area contributed by atoms with Crippen molar-refractivity contribution >= 4 is 29.0 Å². The third-order valence-electron chi connectivity index (χ3n) is 3.26. The SMILES string of the molecule is CC(C)N1c2nc(Cl)ncc2N(C)C(=O)C1CC(F)(F)F. The molecule has 21 heavy (non-hydrogen) atoms. The highest BCUT2D eigenvalue weighted by molar-refractivity contribution is 6.28. The van der Waals surface area contributed by atoms with Gasteiger partial charge in [-0.15, -0.1) is 0 Å². The van der Waals surface area contributed by atoms with E-state index in [0.29, 0.717) is 5.69 Å². The number of aromatic nitrogens is 2. The van der Waals surface area contributed by atoms with E-state index in [0.717, 1.165) is 4.90 Å². The fraction of sp³-hybridized carbons (Fsp3) is 0.583. The number of carbonyl (C=O) groups is 1. The lowest BCUT2D eigenvalue weighted by molar-refractivity contribution is -0.147. The van der Waals surface area contributed by atoms with E-state index in [1.54, 1.807) is 13.8 Å². The Bertz CT molecular complexity index is 564. The van der Waals surface area contributed by atoms with Crippen LogP contribution in [0.4, 0.5) is 24.7 Å². The summed E-state index contributed by atoms with van der Waals surface area (Å²) in [5, 5.41) is -0.0760. The van der Waals surface area contributed by atoms with E-state index in [1.807, 2.05) is 0 Å². The van der Waals surface area contributed by atoms with E-state index in [1.165, 1.54) is 18.1 Å². The van der Waals surface area contributed by atoms with Crippen molar-refractivity contribution < 1.29 is 18.0 Å². The minimum absolute atomic E-state index is 0.0760. The standard InChI is InChI=1S/C12H14ClF3N4O/c1-6(2)20-7(4-12(14,15)16)10(21)19(3)8-5-17-11(13)18-9(8)20/h5-7H,4H2,1-3H3. The van der Waals surface area contributed by atoms with E-state index in [4.69, 9.17) is 11.6 Å². The molecule has 2 heterocycles. The fourth-order valence-corrected chi connectivity index (χ4v) is 2.52. The number of amides is 1. The molecule has 0 radical (unpaired) electrons. The predicted molar refractivity (Wildman–Crippen MR) is 72.5 cm³/mol. The largest absolute Gasteiger partial charge is 0.391 e. The predicted octanol–water partition coefficient (Wildman–Crippen LogP) is 2.64. The first-order valence-corrected chi connectivity index (χ1v) is 6.65. The number of rotatable bonds is 2. The molecule has 1 atom stereocenters. The van der Waals surface area contributed by atoms with Crippen molar-refractivity contribution in [2.24, 2.45) is 0 Å². The molecule has 0 aromatic carbocycles. The van der Waals surface area contributed by atoms with Crippen molar-refractivity contribution in [3.63, 3.8) is 0 Å². The lowest BCUT2D eigenvalue weighted by Crippen LogP contribution is -2.56. The van der Waals surface area contributed by atoms with Gasteiger partial charge in [-0.1, -0.05) is 0 Å².